The molecule has 2 N–H and O–H groups in total. The highest BCUT2D eigenvalue weighted by molar-refractivity contribution is 5.21. The van der Waals surface area contributed by atoms with E-state index in [1.54, 1.807) is 5.57 Å². The second-order valence-corrected chi connectivity index (χ2v) is 11.6. The third kappa shape index (κ3) is 8.67. The van der Waals surface area contributed by atoms with Gasteiger partial charge in [0.15, 0.2) is 0 Å². The Bertz CT molecular complexity index is 576. The summed E-state index contributed by atoms with van der Waals surface area (Å²) in [6.07, 6.45) is 17.6. The zero-order valence-corrected chi connectivity index (χ0v) is 21.3. The number of nitrogens with zero attached hydrogens (tertiary/aromatic N) is 1. The number of unbranched alkanes of at least 4 members (excludes halogenated alkanes) is 3. The van der Waals surface area contributed by atoms with E-state index in [9.17, 15) is 10.2 Å². The summed E-state index contributed by atoms with van der Waals surface area (Å²) < 4.78 is 0. The predicted octanol–water partition coefficient (Wildman–Crippen LogP) is 6.35. The Balaban J connectivity index is 1.72. The lowest BCUT2D eigenvalue weighted by atomic mass is 9.88. The Kier molecular flexibility index (Phi) is 10.8. The van der Waals surface area contributed by atoms with Crippen molar-refractivity contribution in [3.05, 3.63) is 23.8 Å². The molecule has 0 aromatic rings. The van der Waals surface area contributed by atoms with Crippen molar-refractivity contribution in [2.75, 3.05) is 13.6 Å². The fraction of sp³-hybridized carbons (Fsp3) is 0.857. The van der Waals surface area contributed by atoms with Gasteiger partial charge in [-0.1, -0.05) is 63.3 Å². The lowest BCUT2D eigenvalue weighted by Crippen LogP contribution is -2.38. The van der Waals surface area contributed by atoms with E-state index in [2.05, 4.69) is 58.7 Å². The second-order valence-electron chi connectivity index (χ2n) is 11.6. The van der Waals surface area contributed by atoms with Gasteiger partial charge in [0, 0.05) is 11.5 Å². The predicted molar refractivity (Wildman–Crippen MR) is 133 cm³/mol. The molecule has 2 rings (SSSR count). The molecule has 0 bridgehead atoms. The molecular weight excluding hydrogens is 382 g/mol. The van der Waals surface area contributed by atoms with Gasteiger partial charge < -0.3 is 15.1 Å². The number of fused-ring (bicyclic) bond motifs is 1. The SMILES string of the molecule is CCCC[C@H](C)C[C@H](O)C=C[C@@H]1[C@H]2CC(CCCCCN(C)C(C)(C)C)=C[C@H]2C[C@H]1O. The van der Waals surface area contributed by atoms with Gasteiger partial charge in [-0.15, -0.1) is 0 Å². The van der Waals surface area contributed by atoms with Crippen LogP contribution in [0.1, 0.15) is 98.8 Å². The van der Waals surface area contributed by atoms with Gasteiger partial charge in [0.1, 0.15) is 0 Å². The van der Waals surface area contributed by atoms with Crippen LogP contribution in [0.5, 0.6) is 0 Å². The smallest absolute Gasteiger partial charge is 0.0723 e. The van der Waals surface area contributed by atoms with E-state index in [1.165, 1.54) is 51.5 Å². The Labute approximate surface area is 193 Å². The molecule has 3 heteroatoms. The molecule has 0 unspecified atom stereocenters. The Morgan fingerprint density at radius 2 is 1.94 bits per heavy atom. The van der Waals surface area contributed by atoms with Crippen molar-refractivity contribution in [1.82, 2.24) is 4.90 Å². The molecule has 0 radical (unpaired) electrons. The van der Waals surface area contributed by atoms with E-state index in [-0.39, 0.29) is 23.7 Å². The van der Waals surface area contributed by atoms with Crippen LogP contribution in [0, 0.1) is 23.7 Å². The molecule has 31 heavy (non-hydrogen) atoms. The molecule has 0 spiro atoms. The maximum atomic E-state index is 10.6. The van der Waals surface area contributed by atoms with Crippen molar-refractivity contribution in [3.8, 4) is 0 Å². The van der Waals surface area contributed by atoms with Crippen LogP contribution in [0.25, 0.3) is 0 Å². The number of hydrogen-bond donors (Lipinski definition) is 2. The molecule has 0 aromatic carbocycles. The summed E-state index contributed by atoms with van der Waals surface area (Å²) in [7, 11) is 2.22. The number of rotatable bonds is 13. The molecule has 1 fully saturated rings. The normalized spacial score (nSPS) is 28.4. The first-order chi connectivity index (χ1) is 14.6. The highest BCUT2D eigenvalue weighted by atomic mass is 16.3. The lowest BCUT2D eigenvalue weighted by molar-refractivity contribution is 0.139. The fourth-order valence-electron chi connectivity index (χ4n) is 5.42. The van der Waals surface area contributed by atoms with Gasteiger partial charge >= 0.3 is 0 Å². The van der Waals surface area contributed by atoms with Gasteiger partial charge in [0.05, 0.1) is 12.2 Å². The van der Waals surface area contributed by atoms with Crippen LogP contribution in [0.2, 0.25) is 0 Å². The summed E-state index contributed by atoms with van der Waals surface area (Å²) in [5.41, 5.74) is 1.87. The summed E-state index contributed by atoms with van der Waals surface area (Å²) >= 11 is 0. The minimum absolute atomic E-state index is 0.208. The highest BCUT2D eigenvalue weighted by Gasteiger charge is 2.43. The number of allylic oxidation sites excluding steroid dienone is 2. The monoisotopic (exact) mass is 433 g/mol. The average molecular weight is 434 g/mol. The summed E-state index contributed by atoms with van der Waals surface area (Å²) in [6, 6.07) is 0. The van der Waals surface area contributed by atoms with Gasteiger partial charge in [-0.25, -0.2) is 0 Å². The molecule has 2 aliphatic rings. The van der Waals surface area contributed by atoms with Crippen molar-refractivity contribution >= 4 is 0 Å². The van der Waals surface area contributed by atoms with Crippen molar-refractivity contribution in [1.29, 1.82) is 0 Å². The molecule has 0 aliphatic heterocycles. The largest absolute Gasteiger partial charge is 0.392 e. The van der Waals surface area contributed by atoms with Crippen molar-refractivity contribution in [3.63, 3.8) is 0 Å². The number of hydrogen-bond acceptors (Lipinski definition) is 3. The van der Waals surface area contributed by atoms with E-state index in [0.29, 0.717) is 17.8 Å². The van der Waals surface area contributed by atoms with Gasteiger partial charge in [-0.3, -0.25) is 0 Å². The fourth-order valence-corrected chi connectivity index (χ4v) is 5.42. The van der Waals surface area contributed by atoms with Crippen molar-refractivity contribution < 1.29 is 10.2 Å². The molecule has 1 saturated carbocycles. The lowest BCUT2D eigenvalue weighted by Gasteiger charge is -2.31. The van der Waals surface area contributed by atoms with E-state index in [0.717, 1.165) is 19.3 Å². The third-order valence-electron chi connectivity index (χ3n) is 7.84. The minimum Gasteiger partial charge on any atom is -0.392 e. The minimum atomic E-state index is -0.377. The zero-order chi connectivity index (χ0) is 23.0. The van der Waals surface area contributed by atoms with Crippen LogP contribution in [0.4, 0.5) is 0 Å². The van der Waals surface area contributed by atoms with E-state index >= 15 is 0 Å². The molecule has 0 aromatic heterocycles. The van der Waals surface area contributed by atoms with Crippen LogP contribution >= 0.6 is 0 Å². The van der Waals surface area contributed by atoms with Crippen LogP contribution < -0.4 is 0 Å². The van der Waals surface area contributed by atoms with Crippen LogP contribution in [0.15, 0.2) is 23.8 Å². The summed E-state index contributed by atoms with van der Waals surface area (Å²) in [4.78, 5) is 2.45. The molecule has 0 amide bonds. The molecule has 2 aliphatic carbocycles. The van der Waals surface area contributed by atoms with Crippen LogP contribution in [0.3, 0.4) is 0 Å². The molecule has 6 atom stereocenters. The van der Waals surface area contributed by atoms with Gasteiger partial charge in [-0.2, -0.15) is 0 Å². The van der Waals surface area contributed by atoms with Crippen molar-refractivity contribution in [2.24, 2.45) is 23.7 Å². The van der Waals surface area contributed by atoms with Crippen molar-refractivity contribution in [2.45, 2.75) is 117 Å². The topological polar surface area (TPSA) is 43.7 Å². The van der Waals surface area contributed by atoms with Gasteiger partial charge in [0.2, 0.25) is 0 Å². The first-order valence-corrected chi connectivity index (χ1v) is 13.1. The maximum Gasteiger partial charge on any atom is 0.0723 e. The summed E-state index contributed by atoms with van der Waals surface area (Å²) in [6.45, 7) is 12.5. The van der Waals surface area contributed by atoms with E-state index < -0.39 is 0 Å². The van der Waals surface area contributed by atoms with E-state index in [1.807, 2.05) is 6.08 Å². The van der Waals surface area contributed by atoms with Crippen LogP contribution in [-0.2, 0) is 0 Å². The first-order valence-electron chi connectivity index (χ1n) is 13.1. The first kappa shape index (κ1) is 26.6. The van der Waals surface area contributed by atoms with E-state index in [4.69, 9.17) is 0 Å². The molecule has 0 heterocycles. The number of aliphatic hydroxyl groups is 2. The van der Waals surface area contributed by atoms with Crippen LogP contribution in [-0.4, -0.2) is 46.5 Å². The van der Waals surface area contributed by atoms with Gasteiger partial charge in [-0.05, 0) is 90.6 Å². The summed E-state index contributed by atoms with van der Waals surface area (Å²) in [5.74, 6) is 1.84. The molecule has 180 valence electrons. The highest BCUT2D eigenvalue weighted by Crippen LogP contribution is 2.48. The Morgan fingerprint density at radius 1 is 1.19 bits per heavy atom. The quantitative estimate of drug-likeness (QED) is 0.262. The molecular formula is C28H51NO2. The second kappa shape index (κ2) is 12.6. The zero-order valence-electron chi connectivity index (χ0n) is 21.3. The number of aliphatic hydroxyl groups excluding tert-OH is 2. The summed E-state index contributed by atoms with van der Waals surface area (Å²) in [5, 5.41) is 21.0. The molecule has 0 saturated heterocycles. The Morgan fingerprint density at radius 3 is 2.61 bits per heavy atom. The Hall–Kier alpha value is -0.640. The average Bonchev–Trinajstić information content (AvgIpc) is 3.19. The standard InChI is InChI=1S/C28H51NO2/c1-7-8-12-21(2)17-24(30)14-15-25-26-19-22(18-23(26)20-27(25)31)13-10-9-11-16-29(6)28(3,4)5/h14-15,18,21,23-27,30-31H,7-13,16-17,19-20H2,1-6H3/t21-,23-,24+,25+,26-,27+/m0/s1. The maximum absolute atomic E-state index is 10.6. The van der Waals surface area contributed by atoms with Gasteiger partial charge in [0.25, 0.3) is 0 Å². The third-order valence-corrected chi connectivity index (χ3v) is 7.84. The molecule has 3 nitrogen and oxygen atoms in total.